The summed E-state index contributed by atoms with van der Waals surface area (Å²) in [4.78, 5) is 2.46. The van der Waals surface area contributed by atoms with Crippen LogP contribution in [0.2, 0.25) is 0 Å². The number of benzene rings is 1. The molecule has 1 N–H and O–H groups in total. The molecule has 19 heavy (non-hydrogen) atoms. The Morgan fingerprint density at radius 3 is 2.74 bits per heavy atom. The highest BCUT2D eigenvalue weighted by atomic mass is 32.1. The van der Waals surface area contributed by atoms with Crippen LogP contribution in [-0.2, 0) is 0 Å². The highest BCUT2D eigenvalue weighted by Crippen LogP contribution is 2.32. The van der Waals surface area contributed by atoms with E-state index in [1.165, 1.54) is 10.9 Å². The molecule has 0 aliphatic carbocycles. The lowest BCUT2D eigenvalue weighted by atomic mass is 10.1. The van der Waals surface area contributed by atoms with Crippen molar-refractivity contribution < 1.29 is 4.39 Å². The molecule has 3 heteroatoms. The molecular weight excluding hydrogens is 257 g/mol. The minimum absolute atomic E-state index is 0.177. The maximum atomic E-state index is 13.2. The lowest BCUT2D eigenvalue weighted by Gasteiger charge is -2.14. The van der Waals surface area contributed by atoms with E-state index < -0.39 is 0 Å². The van der Waals surface area contributed by atoms with Gasteiger partial charge in [-0.05, 0) is 49.2 Å². The molecule has 1 aromatic carbocycles. The van der Waals surface area contributed by atoms with Gasteiger partial charge < -0.3 is 5.32 Å². The van der Waals surface area contributed by atoms with Crippen LogP contribution < -0.4 is 5.32 Å². The van der Waals surface area contributed by atoms with Crippen LogP contribution in [0.3, 0.4) is 0 Å². The molecule has 0 fully saturated rings. The molecule has 0 aliphatic heterocycles. The van der Waals surface area contributed by atoms with Gasteiger partial charge in [0.15, 0.2) is 0 Å². The molecule has 2 aromatic rings. The van der Waals surface area contributed by atoms with Crippen LogP contribution in [0.4, 0.5) is 4.39 Å². The van der Waals surface area contributed by atoms with Crippen molar-refractivity contribution >= 4 is 11.3 Å². The van der Waals surface area contributed by atoms with E-state index >= 15 is 0 Å². The normalized spacial score (nSPS) is 12.6. The first kappa shape index (κ1) is 14.2. The molecule has 0 bridgehead atoms. The lowest BCUT2D eigenvalue weighted by Crippen LogP contribution is -2.20. The first-order valence-corrected chi connectivity index (χ1v) is 7.65. The zero-order chi connectivity index (χ0) is 13.7. The van der Waals surface area contributed by atoms with Gasteiger partial charge in [-0.25, -0.2) is 4.39 Å². The third-order valence-electron chi connectivity index (χ3n) is 3.13. The van der Waals surface area contributed by atoms with E-state index in [0.717, 1.165) is 29.8 Å². The molecule has 0 aliphatic rings. The lowest BCUT2D eigenvalue weighted by molar-refractivity contribution is 0.525. The van der Waals surface area contributed by atoms with Crippen LogP contribution >= 0.6 is 11.3 Å². The molecule has 1 nitrogen and oxygen atoms in total. The molecule has 1 aromatic heterocycles. The summed E-state index contributed by atoms with van der Waals surface area (Å²) in [7, 11) is 0. The number of halogens is 1. The van der Waals surface area contributed by atoms with Crippen molar-refractivity contribution in [3.63, 3.8) is 0 Å². The summed E-state index contributed by atoms with van der Waals surface area (Å²) >= 11 is 1.75. The summed E-state index contributed by atoms with van der Waals surface area (Å²) in [6.07, 6.45) is 2.21. The van der Waals surface area contributed by atoms with Crippen LogP contribution in [-0.4, -0.2) is 6.54 Å². The standard InChI is InChI=1S/C16H20FNS/c1-3-10-18-14(4-2)16-9-8-15(19-16)12-6-5-7-13(17)11-12/h5-9,11,14,18H,3-4,10H2,1-2H3. The SMILES string of the molecule is CCCNC(CC)c1ccc(-c2cccc(F)c2)s1. The molecular formula is C16H20FNS. The molecule has 0 radical (unpaired) electrons. The molecule has 1 heterocycles. The van der Waals surface area contributed by atoms with Gasteiger partial charge in [-0.3, -0.25) is 0 Å². The van der Waals surface area contributed by atoms with E-state index in [2.05, 4.69) is 31.3 Å². The zero-order valence-corrected chi connectivity index (χ0v) is 12.3. The van der Waals surface area contributed by atoms with Gasteiger partial charge in [-0.15, -0.1) is 11.3 Å². The Labute approximate surface area is 118 Å². The Morgan fingerprint density at radius 2 is 2.05 bits per heavy atom. The van der Waals surface area contributed by atoms with Gasteiger partial charge in [0.05, 0.1) is 0 Å². The van der Waals surface area contributed by atoms with Gasteiger partial charge in [-0.1, -0.05) is 26.0 Å². The second-order valence-electron chi connectivity index (χ2n) is 4.63. The maximum Gasteiger partial charge on any atom is 0.123 e. The Kier molecular flexibility index (Phi) is 5.11. The van der Waals surface area contributed by atoms with Gasteiger partial charge in [0.2, 0.25) is 0 Å². The third kappa shape index (κ3) is 3.64. The summed E-state index contributed by atoms with van der Waals surface area (Å²) in [5, 5.41) is 3.55. The largest absolute Gasteiger partial charge is 0.309 e. The molecule has 0 saturated carbocycles. The summed E-state index contributed by atoms with van der Waals surface area (Å²) in [5.41, 5.74) is 0.960. The smallest absolute Gasteiger partial charge is 0.123 e. The number of nitrogens with one attached hydrogen (secondary N) is 1. The number of hydrogen-bond donors (Lipinski definition) is 1. The number of hydrogen-bond acceptors (Lipinski definition) is 2. The Balaban J connectivity index is 2.18. The van der Waals surface area contributed by atoms with Crippen molar-refractivity contribution in [1.82, 2.24) is 5.32 Å². The van der Waals surface area contributed by atoms with Gasteiger partial charge in [0.25, 0.3) is 0 Å². The molecule has 0 saturated heterocycles. The van der Waals surface area contributed by atoms with E-state index in [-0.39, 0.29) is 5.82 Å². The van der Waals surface area contributed by atoms with Crippen molar-refractivity contribution in [3.05, 3.63) is 47.1 Å². The van der Waals surface area contributed by atoms with E-state index in [9.17, 15) is 4.39 Å². The van der Waals surface area contributed by atoms with Crippen LogP contribution in [0.5, 0.6) is 0 Å². The van der Waals surface area contributed by atoms with Crippen molar-refractivity contribution in [2.75, 3.05) is 6.54 Å². The molecule has 1 unspecified atom stereocenters. The first-order valence-electron chi connectivity index (χ1n) is 6.83. The van der Waals surface area contributed by atoms with Crippen LogP contribution in [0.15, 0.2) is 36.4 Å². The molecule has 2 rings (SSSR count). The summed E-state index contributed by atoms with van der Waals surface area (Å²) in [5.74, 6) is -0.177. The van der Waals surface area contributed by atoms with E-state index in [1.54, 1.807) is 23.5 Å². The quantitative estimate of drug-likeness (QED) is 0.783. The third-order valence-corrected chi connectivity index (χ3v) is 4.38. The highest BCUT2D eigenvalue weighted by molar-refractivity contribution is 7.15. The Morgan fingerprint density at radius 1 is 1.21 bits per heavy atom. The first-order chi connectivity index (χ1) is 9.24. The van der Waals surface area contributed by atoms with Crippen molar-refractivity contribution in [2.24, 2.45) is 0 Å². The van der Waals surface area contributed by atoms with E-state index in [1.807, 2.05) is 6.07 Å². The van der Waals surface area contributed by atoms with Crippen LogP contribution in [0, 0.1) is 5.82 Å². The minimum Gasteiger partial charge on any atom is -0.309 e. The zero-order valence-electron chi connectivity index (χ0n) is 11.4. The topological polar surface area (TPSA) is 12.0 Å². The van der Waals surface area contributed by atoms with Crippen LogP contribution in [0.25, 0.3) is 10.4 Å². The highest BCUT2D eigenvalue weighted by Gasteiger charge is 2.11. The summed E-state index contributed by atoms with van der Waals surface area (Å²) in [6.45, 7) is 5.40. The minimum atomic E-state index is -0.177. The van der Waals surface area contributed by atoms with Crippen molar-refractivity contribution in [2.45, 2.75) is 32.7 Å². The Bertz CT molecular complexity index is 521. The summed E-state index contributed by atoms with van der Waals surface area (Å²) in [6, 6.07) is 11.4. The average Bonchev–Trinajstić information content (AvgIpc) is 2.89. The number of thiophene rings is 1. The summed E-state index contributed by atoms with van der Waals surface area (Å²) < 4.78 is 13.2. The van der Waals surface area contributed by atoms with Gasteiger partial charge in [0.1, 0.15) is 5.82 Å². The molecule has 0 spiro atoms. The monoisotopic (exact) mass is 277 g/mol. The fourth-order valence-electron chi connectivity index (χ4n) is 2.10. The van der Waals surface area contributed by atoms with E-state index in [4.69, 9.17) is 0 Å². The average molecular weight is 277 g/mol. The van der Waals surface area contributed by atoms with E-state index in [0.29, 0.717) is 6.04 Å². The fraction of sp³-hybridized carbons (Fsp3) is 0.375. The van der Waals surface area contributed by atoms with Gasteiger partial charge in [-0.2, -0.15) is 0 Å². The fourth-order valence-corrected chi connectivity index (χ4v) is 3.26. The predicted molar refractivity (Wildman–Crippen MR) is 81.0 cm³/mol. The second kappa shape index (κ2) is 6.83. The molecule has 0 amide bonds. The predicted octanol–water partition coefficient (Wildman–Crippen LogP) is 5.00. The Hall–Kier alpha value is -1.19. The van der Waals surface area contributed by atoms with Crippen molar-refractivity contribution in [1.29, 1.82) is 0 Å². The van der Waals surface area contributed by atoms with Crippen LogP contribution in [0.1, 0.15) is 37.6 Å². The number of rotatable bonds is 6. The van der Waals surface area contributed by atoms with Gasteiger partial charge in [0, 0.05) is 15.8 Å². The van der Waals surface area contributed by atoms with Crippen molar-refractivity contribution in [3.8, 4) is 10.4 Å². The molecule has 102 valence electrons. The maximum absolute atomic E-state index is 13.2. The second-order valence-corrected chi connectivity index (χ2v) is 5.74. The molecule has 1 atom stereocenters. The van der Waals surface area contributed by atoms with Gasteiger partial charge >= 0.3 is 0 Å².